The van der Waals surface area contributed by atoms with E-state index in [1.54, 1.807) is 0 Å². The van der Waals surface area contributed by atoms with Crippen molar-refractivity contribution in [2.45, 2.75) is 26.3 Å². The number of aromatic nitrogens is 4. The molecule has 5 rings (SSSR count). The number of nitrogens with one attached hydrogen (secondary N) is 1. The lowest BCUT2D eigenvalue weighted by atomic mass is 10.0. The molecule has 2 heterocycles. The number of aryl methyl sites for hydroxylation is 3. The van der Waals surface area contributed by atoms with Crippen molar-refractivity contribution >= 4 is 11.0 Å². The summed E-state index contributed by atoms with van der Waals surface area (Å²) in [6, 6.07) is 24.5. The first-order valence-electron chi connectivity index (χ1n) is 10.6. The second-order valence-corrected chi connectivity index (χ2v) is 7.97. The molecule has 3 aromatic rings. The van der Waals surface area contributed by atoms with Gasteiger partial charge in [0.05, 0.1) is 11.0 Å². The lowest BCUT2D eigenvalue weighted by Gasteiger charge is -2.17. The minimum Gasteiger partial charge on any atom is -0.322 e. The minimum absolute atomic E-state index is 0.178. The van der Waals surface area contributed by atoms with Crippen molar-refractivity contribution in [3.63, 3.8) is 0 Å². The fourth-order valence-electron chi connectivity index (χ4n) is 4.03. The van der Waals surface area contributed by atoms with E-state index in [9.17, 15) is 9.59 Å². The Bertz CT molecular complexity index is 1490. The van der Waals surface area contributed by atoms with Crippen LogP contribution < -0.4 is 11.2 Å². The fourth-order valence-corrected chi connectivity index (χ4v) is 4.03. The van der Waals surface area contributed by atoms with Gasteiger partial charge in [0.2, 0.25) is 0 Å². The van der Waals surface area contributed by atoms with Crippen LogP contribution in [0.5, 0.6) is 0 Å². The Morgan fingerprint density at radius 1 is 0.875 bits per heavy atom. The molecule has 0 radical (unpaired) electrons. The maximum atomic E-state index is 12.5. The molecule has 0 fully saturated rings. The normalized spacial score (nSPS) is 11.3. The SMILES string of the molecule is Cc1ccc(CCCn2c3nc(=O)[nH]c(=O)c-3nc3cc(-c4ccccc4)ccc32)cc1. The molecule has 158 valence electrons. The first kappa shape index (κ1) is 19.9. The van der Waals surface area contributed by atoms with Crippen LogP contribution >= 0.6 is 0 Å². The average molecular weight is 422 g/mol. The van der Waals surface area contributed by atoms with Gasteiger partial charge in [0, 0.05) is 6.54 Å². The molecule has 0 saturated carbocycles. The number of benzene rings is 3. The van der Waals surface area contributed by atoms with Gasteiger partial charge < -0.3 is 4.57 Å². The number of fused-ring (bicyclic) bond motifs is 2. The third-order valence-corrected chi connectivity index (χ3v) is 5.68. The Morgan fingerprint density at radius 2 is 1.66 bits per heavy atom. The molecule has 0 bridgehead atoms. The molecule has 0 aromatic heterocycles. The second kappa shape index (κ2) is 8.23. The molecular formula is C26H22N4O2. The van der Waals surface area contributed by atoms with E-state index in [-0.39, 0.29) is 5.69 Å². The third kappa shape index (κ3) is 3.83. The highest BCUT2D eigenvalue weighted by Crippen LogP contribution is 2.27. The summed E-state index contributed by atoms with van der Waals surface area (Å²) >= 11 is 0. The maximum Gasteiger partial charge on any atom is 0.349 e. The molecule has 0 amide bonds. The van der Waals surface area contributed by atoms with E-state index in [2.05, 4.69) is 46.1 Å². The van der Waals surface area contributed by atoms with E-state index < -0.39 is 11.2 Å². The van der Waals surface area contributed by atoms with Crippen molar-refractivity contribution < 1.29 is 0 Å². The zero-order valence-electron chi connectivity index (χ0n) is 17.7. The predicted octanol–water partition coefficient (Wildman–Crippen LogP) is 4.19. The smallest absolute Gasteiger partial charge is 0.322 e. The molecular weight excluding hydrogens is 400 g/mol. The summed E-state index contributed by atoms with van der Waals surface area (Å²) in [5.41, 5.74) is 5.12. The van der Waals surface area contributed by atoms with Crippen molar-refractivity contribution in [1.29, 1.82) is 0 Å². The van der Waals surface area contributed by atoms with Crippen LogP contribution in [0.2, 0.25) is 0 Å². The van der Waals surface area contributed by atoms with Gasteiger partial charge in [-0.25, -0.2) is 9.78 Å². The number of aromatic amines is 1. The Morgan fingerprint density at radius 3 is 2.44 bits per heavy atom. The highest BCUT2D eigenvalue weighted by molar-refractivity contribution is 5.84. The van der Waals surface area contributed by atoms with Gasteiger partial charge in [-0.1, -0.05) is 66.2 Å². The standard InChI is InChI=1S/C26H22N4O2/c1-17-9-11-18(12-10-17)6-5-15-30-22-14-13-20(19-7-3-2-4-8-19)16-21(22)27-23-24(30)28-26(32)29-25(23)31/h2-4,7-14,16H,5-6,15H2,1H3,(H,29,31,32). The summed E-state index contributed by atoms with van der Waals surface area (Å²) in [6.45, 7) is 2.69. The second-order valence-electron chi connectivity index (χ2n) is 7.97. The number of hydrogen-bond acceptors (Lipinski definition) is 4. The molecule has 0 unspecified atom stereocenters. The van der Waals surface area contributed by atoms with Crippen LogP contribution in [0.3, 0.4) is 0 Å². The van der Waals surface area contributed by atoms with Crippen molar-refractivity contribution in [3.05, 3.63) is 105 Å². The molecule has 2 aliphatic heterocycles. The molecule has 0 atom stereocenters. The monoisotopic (exact) mass is 422 g/mol. The zero-order valence-corrected chi connectivity index (χ0v) is 17.7. The van der Waals surface area contributed by atoms with Crippen molar-refractivity contribution in [2.75, 3.05) is 0 Å². The van der Waals surface area contributed by atoms with Gasteiger partial charge in [0.1, 0.15) is 0 Å². The molecule has 0 spiro atoms. The number of nitrogens with zero attached hydrogens (tertiary/aromatic N) is 3. The lowest BCUT2D eigenvalue weighted by Crippen LogP contribution is -2.29. The van der Waals surface area contributed by atoms with Gasteiger partial charge in [-0.2, -0.15) is 4.98 Å². The number of hydrogen-bond donors (Lipinski definition) is 1. The van der Waals surface area contributed by atoms with E-state index >= 15 is 0 Å². The van der Waals surface area contributed by atoms with Gasteiger partial charge in [-0.15, -0.1) is 0 Å². The summed E-state index contributed by atoms with van der Waals surface area (Å²) in [4.78, 5) is 35.4. The Hall–Kier alpha value is -4.06. The van der Waals surface area contributed by atoms with Gasteiger partial charge in [-0.3, -0.25) is 9.78 Å². The van der Waals surface area contributed by atoms with E-state index in [0.29, 0.717) is 17.9 Å². The topological polar surface area (TPSA) is 80.6 Å². The summed E-state index contributed by atoms with van der Waals surface area (Å²) in [6.07, 6.45) is 1.72. The van der Waals surface area contributed by atoms with Crippen LogP contribution in [0.4, 0.5) is 0 Å². The maximum absolute atomic E-state index is 12.5. The summed E-state index contributed by atoms with van der Waals surface area (Å²) in [5.74, 6) is 0.322. The van der Waals surface area contributed by atoms with Crippen LogP contribution in [0.1, 0.15) is 17.5 Å². The van der Waals surface area contributed by atoms with Gasteiger partial charge in [0.15, 0.2) is 11.5 Å². The average Bonchev–Trinajstić information content (AvgIpc) is 2.80. The van der Waals surface area contributed by atoms with E-state index in [1.807, 2.05) is 53.1 Å². The third-order valence-electron chi connectivity index (χ3n) is 5.68. The van der Waals surface area contributed by atoms with Gasteiger partial charge >= 0.3 is 5.69 Å². The van der Waals surface area contributed by atoms with Gasteiger partial charge in [-0.05, 0) is 48.6 Å². The fraction of sp³-hybridized carbons (Fsp3) is 0.154. The van der Waals surface area contributed by atoms with Crippen LogP contribution in [0.25, 0.3) is 33.7 Å². The van der Waals surface area contributed by atoms with Crippen LogP contribution in [-0.4, -0.2) is 19.5 Å². The quantitative estimate of drug-likeness (QED) is 0.431. The molecule has 6 heteroatoms. The highest BCUT2D eigenvalue weighted by atomic mass is 16.2. The molecule has 3 aromatic carbocycles. The summed E-state index contributed by atoms with van der Waals surface area (Å²) in [7, 11) is 0. The number of H-pyrrole nitrogens is 1. The summed E-state index contributed by atoms with van der Waals surface area (Å²) < 4.78 is 1.94. The zero-order chi connectivity index (χ0) is 22.1. The lowest BCUT2D eigenvalue weighted by molar-refractivity contribution is 0.649. The predicted molar refractivity (Wildman–Crippen MR) is 126 cm³/mol. The van der Waals surface area contributed by atoms with Crippen LogP contribution in [0, 0.1) is 6.92 Å². The largest absolute Gasteiger partial charge is 0.349 e. The first-order chi connectivity index (χ1) is 15.6. The van der Waals surface area contributed by atoms with E-state index in [4.69, 9.17) is 0 Å². The molecule has 32 heavy (non-hydrogen) atoms. The van der Waals surface area contributed by atoms with Crippen molar-refractivity contribution in [1.82, 2.24) is 19.5 Å². The minimum atomic E-state index is -0.656. The number of rotatable bonds is 5. The Balaban J connectivity index is 1.60. The van der Waals surface area contributed by atoms with Crippen LogP contribution in [-0.2, 0) is 13.0 Å². The molecule has 6 nitrogen and oxygen atoms in total. The van der Waals surface area contributed by atoms with E-state index in [1.165, 1.54) is 11.1 Å². The Labute approximate surface area is 184 Å². The van der Waals surface area contributed by atoms with Crippen molar-refractivity contribution in [2.24, 2.45) is 0 Å². The summed E-state index contributed by atoms with van der Waals surface area (Å²) in [5, 5.41) is 0. The van der Waals surface area contributed by atoms with Gasteiger partial charge in [0.25, 0.3) is 5.56 Å². The molecule has 1 N–H and O–H groups in total. The molecule has 0 aliphatic carbocycles. The van der Waals surface area contributed by atoms with Crippen molar-refractivity contribution in [3.8, 4) is 22.6 Å². The van der Waals surface area contributed by atoms with Crippen LogP contribution in [0.15, 0.2) is 82.4 Å². The molecule has 2 aliphatic rings. The van der Waals surface area contributed by atoms with E-state index in [0.717, 1.165) is 29.5 Å². The molecule has 0 saturated heterocycles. The first-order valence-corrected chi connectivity index (χ1v) is 10.6. The highest BCUT2D eigenvalue weighted by Gasteiger charge is 2.18. The Kier molecular flexibility index (Phi) is 5.11.